The smallest absolute Gasteiger partial charge is 0.230 e. The van der Waals surface area contributed by atoms with Gasteiger partial charge in [0.05, 0.1) is 12.1 Å². The summed E-state index contributed by atoms with van der Waals surface area (Å²) >= 11 is 0. The van der Waals surface area contributed by atoms with Crippen molar-refractivity contribution in [3.63, 3.8) is 0 Å². The topological polar surface area (TPSA) is 44.4 Å². The number of rotatable bonds is 0. The summed E-state index contributed by atoms with van der Waals surface area (Å²) in [6.07, 6.45) is 6.45. The van der Waals surface area contributed by atoms with E-state index in [0.29, 0.717) is 0 Å². The maximum absolute atomic E-state index is 12.1. The molecule has 1 aliphatic carbocycles. The van der Waals surface area contributed by atoms with E-state index in [0.717, 1.165) is 19.6 Å². The van der Waals surface area contributed by atoms with Gasteiger partial charge in [0, 0.05) is 25.7 Å². The molecule has 2 aliphatic heterocycles. The van der Waals surface area contributed by atoms with Crippen LogP contribution in [0.15, 0.2) is 23.8 Å². The Balaban J connectivity index is 1.92. The number of amides is 1. The molecule has 2 unspecified atom stereocenters. The molecule has 0 aromatic rings. The van der Waals surface area contributed by atoms with Crippen molar-refractivity contribution in [2.75, 3.05) is 19.6 Å². The van der Waals surface area contributed by atoms with Crippen LogP contribution in [0.4, 0.5) is 0 Å². The van der Waals surface area contributed by atoms with Gasteiger partial charge in [-0.1, -0.05) is 23.8 Å². The number of piperazine rings is 1. The SMILES string of the molecule is CC1=CC=CC2C1C(=O)N[C@H]1CNCCN21. The van der Waals surface area contributed by atoms with Crippen molar-refractivity contribution < 1.29 is 4.79 Å². The van der Waals surface area contributed by atoms with Gasteiger partial charge in [-0.2, -0.15) is 0 Å². The quantitative estimate of drug-likeness (QED) is 0.595. The third kappa shape index (κ3) is 1.41. The summed E-state index contributed by atoms with van der Waals surface area (Å²) in [5, 5.41) is 6.41. The molecule has 0 saturated carbocycles. The molecule has 0 bridgehead atoms. The van der Waals surface area contributed by atoms with Crippen molar-refractivity contribution in [2.45, 2.75) is 19.1 Å². The van der Waals surface area contributed by atoms with Crippen LogP contribution in [0, 0.1) is 5.92 Å². The molecule has 3 rings (SSSR count). The molecule has 4 nitrogen and oxygen atoms in total. The van der Waals surface area contributed by atoms with Crippen LogP contribution < -0.4 is 10.6 Å². The Hall–Kier alpha value is -1.13. The first-order valence-electron chi connectivity index (χ1n) is 5.89. The number of nitrogens with one attached hydrogen (secondary N) is 2. The van der Waals surface area contributed by atoms with Gasteiger partial charge in [0.25, 0.3) is 0 Å². The van der Waals surface area contributed by atoms with Crippen molar-refractivity contribution in [1.82, 2.24) is 15.5 Å². The van der Waals surface area contributed by atoms with Crippen LogP contribution in [0.5, 0.6) is 0 Å². The maximum Gasteiger partial charge on any atom is 0.230 e. The molecule has 2 fully saturated rings. The minimum Gasteiger partial charge on any atom is -0.339 e. The Morgan fingerprint density at radius 3 is 3.25 bits per heavy atom. The summed E-state index contributed by atoms with van der Waals surface area (Å²) in [5.74, 6) is 0.187. The van der Waals surface area contributed by atoms with E-state index in [1.807, 2.05) is 13.0 Å². The van der Waals surface area contributed by atoms with Crippen LogP contribution in [0.1, 0.15) is 6.92 Å². The Kier molecular flexibility index (Phi) is 2.33. The molecule has 16 heavy (non-hydrogen) atoms. The highest BCUT2D eigenvalue weighted by atomic mass is 16.2. The molecular formula is C12H17N3O. The van der Waals surface area contributed by atoms with E-state index in [1.165, 1.54) is 5.57 Å². The largest absolute Gasteiger partial charge is 0.339 e. The van der Waals surface area contributed by atoms with E-state index in [1.54, 1.807) is 0 Å². The molecule has 0 aromatic carbocycles. The van der Waals surface area contributed by atoms with Gasteiger partial charge in [0.1, 0.15) is 0 Å². The first-order valence-corrected chi connectivity index (χ1v) is 5.89. The van der Waals surface area contributed by atoms with Crippen LogP contribution in [-0.4, -0.2) is 42.6 Å². The third-order valence-corrected chi connectivity index (χ3v) is 3.76. The van der Waals surface area contributed by atoms with Gasteiger partial charge < -0.3 is 10.6 Å². The van der Waals surface area contributed by atoms with E-state index in [9.17, 15) is 4.79 Å². The standard InChI is InChI=1S/C12H17N3O/c1-8-3-2-4-9-11(8)12(16)14-10-7-13-5-6-15(9)10/h2-4,9-11,13H,5-7H2,1H3,(H,14,16)/t9?,10-,11?/m1/s1. The zero-order chi connectivity index (χ0) is 11.1. The molecule has 3 aliphatic rings. The highest BCUT2D eigenvalue weighted by Crippen LogP contribution is 2.29. The van der Waals surface area contributed by atoms with E-state index in [-0.39, 0.29) is 24.0 Å². The number of hydrogen-bond donors (Lipinski definition) is 2. The second-order valence-electron chi connectivity index (χ2n) is 4.73. The summed E-state index contributed by atoms with van der Waals surface area (Å²) in [6.45, 7) is 4.91. The lowest BCUT2D eigenvalue weighted by molar-refractivity contribution is -0.133. The summed E-state index contributed by atoms with van der Waals surface area (Å²) in [4.78, 5) is 14.5. The number of nitrogens with zero attached hydrogens (tertiary/aromatic N) is 1. The predicted molar refractivity (Wildman–Crippen MR) is 61.7 cm³/mol. The molecule has 4 heteroatoms. The molecule has 0 aromatic heterocycles. The van der Waals surface area contributed by atoms with E-state index in [2.05, 4.69) is 27.7 Å². The first-order chi connectivity index (χ1) is 7.77. The molecule has 1 amide bonds. The molecular weight excluding hydrogens is 202 g/mol. The number of carbonyl (C=O) groups excluding carboxylic acids is 1. The van der Waals surface area contributed by atoms with Crippen molar-refractivity contribution >= 4 is 5.91 Å². The average Bonchev–Trinajstić information content (AvgIpc) is 2.29. The highest BCUT2D eigenvalue weighted by Gasteiger charge is 2.42. The molecule has 2 saturated heterocycles. The zero-order valence-electron chi connectivity index (χ0n) is 9.44. The fourth-order valence-electron chi connectivity index (χ4n) is 2.93. The van der Waals surface area contributed by atoms with Gasteiger partial charge in [-0.05, 0) is 6.92 Å². The molecule has 3 atom stereocenters. The first kappa shape index (κ1) is 10.1. The van der Waals surface area contributed by atoms with Crippen LogP contribution in [0.25, 0.3) is 0 Å². The molecule has 2 heterocycles. The van der Waals surface area contributed by atoms with Crippen LogP contribution in [0.2, 0.25) is 0 Å². The van der Waals surface area contributed by atoms with E-state index in [4.69, 9.17) is 0 Å². The lowest BCUT2D eigenvalue weighted by Gasteiger charge is -2.48. The second kappa shape index (κ2) is 3.71. The summed E-state index contributed by atoms with van der Waals surface area (Å²) < 4.78 is 0. The number of hydrogen-bond acceptors (Lipinski definition) is 3. The van der Waals surface area contributed by atoms with Gasteiger partial charge in [-0.25, -0.2) is 0 Å². The van der Waals surface area contributed by atoms with Gasteiger partial charge in [0.15, 0.2) is 0 Å². The molecule has 2 N–H and O–H groups in total. The Bertz CT molecular complexity index is 374. The van der Waals surface area contributed by atoms with Crippen molar-refractivity contribution in [3.8, 4) is 0 Å². The van der Waals surface area contributed by atoms with Gasteiger partial charge in [0.2, 0.25) is 5.91 Å². The second-order valence-corrected chi connectivity index (χ2v) is 4.73. The monoisotopic (exact) mass is 219 g/mol. The summed E-state index contributed by atoms with van der Waals surface area (Å²) in [7, 11) is 0. The van der Waals surface area contributed by atoms with Crippen LogP contribution >= 0.6 is 0 Å². The lowest BCUT2D eigenvalue weighted by atomic mass is 9.84. The van der Waals surface area contributed by atoms with Gasteiger partial charge in [-0.15, -0.1) is 0 Å². The molecule has 86 valence electrons. The number of fused-ring (bicyclic) bond motifs is 3. The Labute approximate surface area is 95.4 Å². The summed E-state index contributed by atoms with van der Waals surface area (Å²) in [6, 6.07) is 0.255. The highest BCUT2D eigenvalue weighted by molar-refractivity contribution is 5.84. The fraction of sp³-hybridized carbons (Fsp3) is 0.583. The van der Waals surface area contributed by atoms with Crippen LogP contribution in [-0.2, 0) is 4.79 Å². The zero-order valence-corrected chi connectivity index (χ0v) is 9.44. The predicted octanol–water partition coefficient (Wildman–Crippen LogP) is -0.152. The van der Waals surface area contributed by atoms with Crippen molar-refractivity contribution in [2.24, 2.45) is 5.92 Å². The maximum atomic E-state index is 12.1. The van der Waals surface area contributed by atoms with Gasteiger partial charge >= 0.3 is 0 Å². The summed E-state index contributed by atoms with van der Waals surface area (Å²) in [5.41, 5.74) is 1.17. The minimum absolute atomic E-state index is 0.0133. The Morgan fingerprint density at radius 2 is 2.38 bits per heavy atom. The van der Waals surface area contributed by atoms with Crippen molar-refractivity contribution in [1.29, 1.82) is 0 Å². The normalized spacial score (nSPS) is 38.4. The van der Waals surface area contributed by atoms with Gasteiger partial charge in [-0.3, -0.25) is 9.69 Å². The molecule has 0 spiro atoms. The number of carbonyl (C=O) groups is 1. The third-order valence-electron chi connectivity index (χ3n) is 3.76. The van der Waals surface area contributed by atoms with E-state index >= 15 is 0 Å². The lowest BCUT2D eigenvalue weighted by Crippen LogP contribution is -2.69. The Morgan fingerprint density at radius 1 is 1.50 bits per heavy atom. The number of allylic oxidation sites excluding steroid dienone is 2. The fourth-order valence-corrected chi connectivity index (χ4v) is 2.93. The van der Waals surface area contributed by atoms with Crippen molar-refractivity contribution in [3.05, 3.63) is 23.8 Å². The minimum atomic E-state index is 0.0133. The van der Waals surface area contributed by atoms with Crippen LogP contribution in [0.3, 0.4) is 0 Å². The van der Waals surface area contributed by atoms with E-state index < -0.39 is 0 Å². The molecule has 0 radical (unpaired) electrons. The average molecular weight is 219 g/mol.